The van der Waals surface area contributed by atoms with Gasteiger partial charge in [0.25, 0.3) is 0 Å². The highest BCUT2D eigenvalue weighted by Crippen LogP contribution is 2.26. The molecule has 0 aliphatic heterocycles. The normalized spacial score (nSPS) is 10.0. The summed E-state index contributed by atoms with van der Waals surface area (Å²) >= 11 is 9.34. The highest BCUT2D eigenvalue weighted by molar-refractivity contribution is 9.10. The van der Waals surface area contributed by atoms with Crippen LogP contribution in [0.15, 0.2) is 40.9 Å². The number of nitriles is 1. The number of benzene rings is 2. The third-order valence-electron chi connectivity index (χ3n) is 2.60. The van der Waals surface area contributed by atoms with E-state index >= 15 is 0 Å². The summed E-state index contributed by atoms with van der Waals surface area (Å²) in [5.41, 5.74) is 1.69. The van der Waals surface area contributed by atoms with Gasteiger partial charge in [0.2, 0.25) is 0 Å². The van der Waals surface area contributed by atoms with Gasteiger partial charge in [0.05, 0.1) is 17.3 Å². The van der Waals surface area contributed by atoms with Crippen molar-refractivity contribution >= 4 is 33.2 Å². The molecule has 0 unspecified atom stereocenters. The van der Waals surface area contributed by atoms with Gasteiger partial charge in [-0.3, -0.25) is 0 Å². The van der Waals surface area contributed by atoms with Gasteiger partial charge in [0, 0.05) is 16.0 Å². The summed E-state index contributed by atoms with van der Waals surface area (Å²) in [6.07, 6.45) is 0. The summed E-state index contributed by atoms with van der Waals surface area (Å²) in [5.74, 6) is -0.334. The van der Waals surface area contributed by atoms with Crippen molar-refractivity contribution in [3.63, 3.8) is 0 Å². The van der Waals surface area contributed by atoms with Crippen LogP contribution in [0, 0.1) is 17.1 Å². The number of hydrogen-bond donors (Lipinski definition) is 1. The summed E-state index contributed by atoms with van der Waals surface area (Å²) in [6.45, 7) is 0.379. The molecule has 0 atom stereocenters. The molecule has 2 aromatic rings. The Morgan fingerprint density at radius 2 is 2.11 bits per heavy atom. The van der Waals surface area contributed by atoms with Gasteiger partial charge in [-0.2, -0.15) is 5.26 Å². The second-order valence-electron chi connectivity index (χ2n) is 3.87. The molecule has 0 heterocycles. The lowest BCUT2D eigenvalue weighted by molar-refractivity contribution is 0.629. The minimum Gasteiger partial charge on any atom is -0.378 e. The van der Waals surface area contributed by atoms with Gasteiger partial charge in [-0.1, -0.05) is 23.7 Å². The van der Waals surface area contributed by atoms with E-state index in [0.29, 0.717) is 27.3 Å². The average molecular weight is 340 g/mol. The van der Waals surface area contributed by atoms with E-state index in [2.05, 4.69) is 21.2 Å². The summed E-state index contributed by atoms with van der Waals surface area (Å²) in [5, 5.41) is 12.2. The maximum atomic E-state index is 13.6. The highest BCUT2D eigenvalue weighted by atomic mass is 79.9. The first-order valence-electron chi connectivity index (χ1n) is 5.48. The van der Waals surface area contributed by atoms with Crippen molar-refractivity contribution in [2.75, 3.05) is 5.32 Å². The molecule has 19 heavy (non-hydrogen) atoms. The molecule has 1 N–H and O–H groups in total. The SMILES string of the molecule is N#Cc1ccc(CNc2c(F)cccc2Br)c(Cl)c1. The largest absolute Gasteiger partial charge is 0.378 e. The van der Waals surface area contributed by atoms with Crippen LogP contribution in [0.2, 0.25) is 5.02 Å². The highest BCUT2D eigenvalue weighted by Gasteiger charge is 2.07. The standard InChI is InChI=1S/C14H9BrClFN2/c15-11-2-1-3-13(17)14(11)19-8-10-5-4-9(7-18)6-12(10)16/h1-6,19H,8H2. The number of nitrogens with one attached hydrogen (secondary N) is 1. The summed E-state index contributed by atoms with van der Waals surface area (Å²) in [7, 11) is 0. The van der Waals surface area contributed by atoms with Crippen molar-refractivity contribution in [2.24, 2.45) is 0 Å². The summed E-state index contributed by atoms with van der Waals surface area (Å²) < 4.78 is 14.3. The Labute approximate surface area is 123 Å². The smallest absolute Gasteiger partial charge is 0.147 e. The first-order chi connectivity index (χ1) is 9.11. The predicted molar refractivity (Wildman–Crippen MR) is 77.6 cm³/mol. The molecule has 2 nitrogen and oxygen atoms in total. The van der Waals surface area contributed by atoms with E-state index in [1.54, 1.807) is 30.3 Å². The molecular weight excluding hydrogens is 331 g/mol. The summed E-state index contributed by atoms with van der Waals surface area (Å²) in [4.78, 5) is 0. The fraction of sp³-hybridized carbons (Fsp3) is 0.0714. The Morgan fingerprint density at radius 3 is 2.74 bits per heavy atom. The van der Waals surface area contributed by atoms with Crippen molar-refractivity contribution in [1.29, 1.82) is 5.26 Å². The molecule has 0 bridgehead atoms. The molecule has 0 saturated heterocycles. The van der Waals surface area contributed by atoms with Gasteiger partial charge in [-0.25, -0.2) is 4.39 Å². The topological polar surface area (TPSA) is 35.8 Å². The van der Waals surface area contributed by atoms with Crippen molar-refractivity contribution in [3.8, 4) is 6.07 Å². The Kier molecular flexibility index (Phi) is 4.41. The third-order valence-corrected chi connectivity index (χ3v) is 3.61. The van der Waals surface area contributed by atoms with Crippen molar-refractivity contribution in [3.05, 3.63) is 62.8 Å². The molecule has 0 radical (unpaired) electrons. The van der Waals surface area contributed by atoms with E-state index in [0.717, 1.165) is 5.56 Å². The van der Waals surface area contributed by atoms with Gasteiger partial charge >= 0.3 is 0 Å². The number of hydrogen-bond acceptors (Lipinski definition) is 2. The molecule has 0 aromatic heterocycles. The van der Waals surface area contributed by atoms with Crippen LogP contribution in [0.4, 0.5) is 10.1 Å². The van der Waals surface area contributed by atoms with E-state index in [9.17, 15) is 4.39 Å². The third kappa shape index (κ3) is 3.25. The molecule has 0 fully saturated rings. The van der Waals surface area contributed by atoms with E-state index in [1.165, 1.54) is 6.07 Å². The minimum atomic E-state index is -0.334. The van der Waals surface area contributed by atoms with Crippen LogP contribution in [-0.4, -0.2) is 0 Å². The Morgan fingerprint density at radius 1 is 1.32 bits per heavy atom. The summed E-state index contributed by atoms with van der Waals surface area (Å²) in [6, 6.07) is 11.8. The Balaban J connectivity index is 2.17. The first-order valence-corrected chi connectivity index (χ1v) is 6.65. The van der Waals surface area contributed by atoms with E-state index in [4.69, 9.17) is 16.9 Å². The van der Waals surface area contributed by atoms with Crippen LogP contribution in [-0.2, 0) is 6.54 Å². The number of rotatable bonds is 3. The number of nitrogens with zero attached hydrogens (tertiary/aromatic N) is 1. The lowest BCUT2D eigenvalue weighted by Crippen LogP contribution is -2.03. The van der Waals surface area contributed by atoms with Crippen molar-refractivity contribution < 1.29 is 4.39 Å². The molecule has 96 valence electrons. The lowest BCUT2D eigenvalue weighted by atomic mass is 10.1. The van der Waals surface area contributed by atoms with Gasteiger partial charge in [0.15, 0.2) is 0 Å². The maximum Gasteiger partial charge on any atom is 0.147 e. The predicted octanol–water partition coefficient (Wildman–Crippen LogP) is 4.73. The fourth-order valence-electron chi connectivity index (χ4n) is 1.61. The molecule has 0 amide bonds. The Bertz CT molecular complexity index is 632. The zero-order valence-electron chi connectivity index (χ0n) is 9.75. The van der Waals surface area contributed by atoms with Crippen LogP contribution in [0.3, 0.4) is 0 Å². The molecule has 0 spiro atoms. The lowest BCUT2D eigenvalue weighted by Gasteiger charge is -2.10. The van der Waals surface area contributed by atoms with Crippen LogP contribution in [0.1, 0.15) is 11.1 Å². The zero-order valence-corrected chi connectivity index (χ0v) is 12.1. The van der Waals surface area contributed by atoms with Crippen molar-refractivity contribution in [2.45, 2.75) is 6.54 Å². The molecule has 2 aromatic carbocycles. The number of halogens is 3. The second kappa shape index (κ2) is 6.05. The fourth-order valence-corrected chi connectivity index (χ4v) is 2.34. The van der Waals surface area contributed by atoms with Crippen LogP contribution in [0.25, 0.3) is 0 Å². The maximum absolute atomic E-state index is 13.6. The van der Waals surface area contributed by atoms with E-state index in [1.807, 2.05) is 6.07 Å². The number of para-hydroxylation sites is 1. The molecule has 0 aliphatic carbocycles. The Hall–Kier alpha value is -1.57. The molecule has 0 aliphatic rings. The molecule has 5 heteroatoms. The quantitative estimate of drug-likeness (QED) is 0.878. The molecule has 0 saturated carbocycles. The van der Waals surface area contributed by atoms with Gasteiger partial charge in [-0.05, 0) is 45.8 Å². The molecule has 2 rings (SSSR count). The first kappa shape index (κ1) is 13.9. The molecular formula is C14H9BrClFN2. The van der Waals surface area contributed by atoms with Crippen molar-refractivity contribution in [1.82, 2.24) is 0 Å². The van der Waals surface area contributed by atoms with Gasteiger partial charge < -0.3 is 5.32 Å². The van der Waals surface area contributed by atoms with Crippen LogP contribution >= 0.6 is 27.5 Å². The van der Waals surface area contributed by atoms with Gasteiger partial charge in [-0.15, -0.1) is 0 Å². The monoisotopic (exact) mass is 338 g/mol. The average Bonchev–Trinajstić information content (AvgIpc) is 2.39. The minimum absolute atomic E-state index is 0.334. The second-order valence-corrected chi connectivity index (χ2v) is 5.13. The van der Waals surface area contributed by atoms with Crippen LogP contribution in [0.5, 0.6) is 0 Å². The van der Waals surface area contributed by atoms with E-state index in [-0.39, 0.29) is 5.82 Å². The zero-order chi connectivity index (χ0) is 13.8. The van der Waals surface area contributed by atoms with Crippen LogP contribution < -0.4 is 5.32 Å². The van der Waals surface area contributed by atoms with E-state index < -0.39 is 0 Å². The number of anilines is 1. The van der Waals surface area contributed by atoms with Gasteiger partial charge in [0.1, 0.15) is 5.82 Å².